The molecule has 2 aliphatic rings. The minimum absolute atomic E-state index is 0.771. The molecule has 4 heteroatoms. The monoisotopic (exact) mass is 257 g/mol. The number of piperazine rings is 1. The van der Waals surface area contributed by atoms with Crippen molar-refractivity contribution in [3.63, 3.8) is 0 Å². The Morgan fingerprint density at radius 3 is 2.65 bits per heavy atom. The molecule has 2 atom stereocenters. The summed E-state index contributed by atoms with van der Waals surface area (Å²) in [7, 11) is 2.22. The van der Waals surface area contributed by atoms with Gasteiger partial charge >= 0.3 is 0 Å². The first-order valence-corrected chi connectivity index (χ1v) is 8.06. The van der Waals surface area contributed by atoms with Gasteiger partial charge in [-0.3, -0.25) is 0 Å². The Kier molecular flexibility index (Phi) is 5.60. The summed E-state index contributed by atoms with van der Waals surface area (Å²) >= 11 is 2.11. The van der Waals surface area contributed by atoms with Crippen molar-refractivity contribution >= 4 is 11.8 Å². The number of nitrogens with zero attached hydrogens (tertiary/aromatic N) is 2. The smallest absolute Gasteiger partial charge is 0.0191 e. The average molecular weight is 257 g/mol. The maximum Gasteiger partial charge on any atom is 0.0191 e. The van der Waals surface area contributed by atoms with Crippen molar-refractivity contribution in [1.82, 2.24) is 15.1 Å². The molecule has 2 aliphatic heterocycles. The first-order valence-electron chi connectivity index (χ1n) is 7.01. The molecule has 2 rings (SSSR count). The molecule has 0 amide bonds. The lowest BCUT2D eigenvalue weighted by Gasteiger charge is -2.32. The molecule has 0 aromatic rings. The summed E-state index contributed by atoms with van der Waals surface area (Å²) in [4.78, 5) is 5.03. The highest BCUT2D eigenvalue weighted by atomic mass is 32.2. The largest absolute Gasteiger partial charge is 0.313 e. The minimum Gasteiger partial charge on any atom is -0.313 e. The fourth-order valence-corrected chi connectivity index (χ4v) is 3.89. The molecule has 2 saturated heterocycles. The van der Waals surface area contributed by atoms with Crippen molar-refractivity contribution in [3.05, 3.63) is 0 Å². The van der Waals surface area contributed by atoms with E-state index in [0.717, 1.165) is 11.3 Å². The van der Waals surface area contributed by atoms with Gasteiger partial charge in [-0.1, -0.05) is 6.92 Å². The van der Waals surface area contributed by atoms with Crippen molar-refractivity contribution in [2.45, 2.75) is 31.1 Å². The van der Waals surface area contributed by atoms with Crippen LogP contribution in [0.2, 0.25) is 0 Å². The Morgan fingerprint density at radius 1 is 1.24 bits per heavy atom. The fraction of sp³-hybridized carbons (Fsp3) is 1.00. The SMILES string of the molecule is CC1SCCC1NCCCN1CCN(C)CC1. The Morgan fingerprint density at radius 2 is 2.00 bits per heavy atom. The van der Waals surface area contributed by atoms with Gasteiger partial charge in [0.2, 0.25) is 0 Å². The van der Waals surface area contributed by atoms with E-state index >= 15 is 0 Å². The van der Waals surface area contributed by atoms with Crippen LogP contribution < -0.4 is 5.32 Å². The molecular formula is C13H27N3S. The summed E-state index contributed by atoms with van der Waals surface area (Å²) < 4.78 is 0. The Labute approximate surface area is 110 Å². The molecule has 0 saturated carbocycles. The van der Waals surface area contributed by atoms with Gasteiger partial charge in [-0.2, -0.15) is 11.8 Å². The summed E-state index contributed by atoms with van der Waals surface area (Å²) in [6.45, 7) is 9.82. The first-order chi connectivity index (χ1) is 8.25. The van der Waals surface area contributed by atoms with Crippen LogP contribution in [-0.4, -0.2) is 73.2 Å². The van der Waals surface area contributed by atoms with Gasteiger partial charge in [0.05, 0.1) is 0 Å². The lowest BCUT2D eigenvalue weighted by atomic mass is 10.1. The van der Waals surface area contributed by atoms with E-state index in [4.69, 9.17) is 0 Å². The predicted octanol–water partition coefficient (Wildman–Crippen LogP) is 1.11. The second-order valence-corrected chi connectivity index (χ2v) is 6.91. The fourth-order valence-electron chi connectivity index (χ4n) is 2.66. The van der Waals surface area contributed by atoms with E-state index in [0.29, 0.717) is 0 Å². The molecule has 0 aromatic heterocycles. The van der Waals surface area contributed by atoms with E-state index in [2.05, 4.69) is 40.8 Å². The topological polar surface area (TPSA) is 18.5 Å². The molecule has 3 nitrogen and oxygen atoms in total. The normalized spacial score (nSPS) is 32.1. The number of thioether (sulfide) groups is 1. The lowest BCUT2D eigenvalue weighted by Crippen LogP contribution is -2.45. The molecule has 0 aromatic carbocycles. The number of likely N-dealkylation sites (N-methyl/N-ethyl adjacent to an activating group) is 1. The van der Waals surface area contributed by atoms with Crippen molar-refractivity contribution in [2.75, 3.05) is 52.1 Å². The molecule has 2 unspecified atom stereocenters. The van der Waals surface area contributed by atoms with Crippen LogP contribution >= 0.6 is 11.8 Å². The average Bonchev–Trinajstić information content (AvgIpc) is 2.73. The molecule has 2 fully saturated rings. The van der Waals surface area contributed by atoms with Crippen LogP contribution in [0.5, 0.6) is 0 Å². The van der Waals surface area contributed by atoms with E-state index < -0.39 is 0 Å². The van der Waals surface area contributed by atoms with Crippen LogP contribution in [0.3, 0.4) is 0 Å². The molecular weight excluding hydrogens is 230 g/mol. The number of hydrogen-bond acceptors (Lipinski definition) is 4. The van der Waals surface area contributed by atoms with E-state index in [1.807, 2.05) is 0 Å². The molecule has 1 N–H and O–H groups in total. The van der Waals surface area contributed by atoms with E-state index in [-0.39, 0.29) is 0 Å². The Hall–Kier alpha value is 0.230. The Bertz CT molecular complexity index is 217. The zero-order valence-corrected chi connectivity index (χ0v) is 12.1. The van der Waals surface area contributed by atoms with Gasteiger partial charge in [-0.05, 0) is 38.7 Å². The van der Waals surface area contributed by atoms with Gasteiger partial charge in [-0.25, -0.2) is 0 Å². The third kappa shape index (κ3) is 4.43. The maximum atomic E-state index is 3.72. The predicted molar refractivity (Wildman–Crippen MR) is 76.9 cm³/mol. The van der Waals surface area contributed by atoms with Crippen molar-refractivity contribution in [1.29, 1.82) is 0 Å². The molecule has 0 radical (unpaired) electrons. The highest BCUT2D eigenvalue weighted by Crippen LogP contribution is 2.25. The van der Waals surface area contributed by atoms with Gasteiger partial charge in [0.15, 0.2) is 0 Å². The van der Waals surface area contributed by atoms with Gasteiger partial charge in [0.25, 0.3) is 0 Å². The molecule has 0 aliphatic carbocycles. The molecule has 17 heavy (non-hydrogen) atoms. The van der Waals surface area contributed by atoms with Gasteiger partial charge < -0.3 is 15.1 Å². The minimum atomic E-state index is 0.771. The third-order valence-corrected chi connectivity index (χ3v) is 5.36. The molecule has 2 heterocycles. The zero-order chi connectivity index (χ0) is 12.1. The van der Waals surface area contributed by atoms with Gasteiger partial charge in [0, 0.05) is 37.5 Å². The van der Waals surface area contributed by atoms with Crippen LogP contribution in [-0.2, 0) is 0 Å². The standard InChI is InChI=1S/C13H27N3S/c1-12-13(4-11-17-12)14-5-3-6-16-9-7-15(2)8-10-16/h12-14H,3-11H2,1-2H3. The van der Waals surface area contributed by atoms with Crippen molar-refractivity contribution in [2.24, 2.45) is 0 Å². The summed E-state index contributed by atoms with van der Waals surface area (Å²) in [5, 5.41) is 4.54. The summed E-state index contributed by atoms with van der Waals surface area (Å²) in [5.74, 6) is 1.34. The third-order valence-electron chi connectivity index (χ3n) is 4.03. The highest BCUT2D eigenvalue weighted by Gasteiger charge is 2.22. The quantitative estimate of drug-likeness (QED) is 0.743. The van der Waals surface area contributed by atoms with Crippen molar-refractivity contribution in [3.8, 4) is 0 Å². The Balaban J connectivity index is 1.51. The number of hydrogen-bond donors (Lipinski definition) is 1. The maximum absolute atomic E-state index is 3.72. The zero-order valence-electron chi connectivity index (χ0n) is 11.3. The van der Waals surface area contributed by atoms with Crippen LogP contribution in [0.4, 0.5) is 0 Å². The van der Waals surface area contributed by atoms with Crippen molar-refractivity contribution < 1.29 is 0 Å². The summed E-state index contributed by atoms with van der Waals surface area (Å²) in [6, 6.07) is 0.771. The molecule has 0 bridgehead atoms. The number of nitrogens with one attached hydrogen (secondary N) is 1. The molecule has 100 valence electrons. The number of rotatable bonds is 5. The second-order valence-electron chi connectivity index (χ2n) is 5.42. The molecule has 0 spiro atoms. The summed E-state index contributed by atoms with van der Waals surface area (Å²) in [5.41, 5.74) is 0. The van der Waals surface area contributed by atoms with Crippen LogP contribution in [0.15, 0.2) is 0 Å². The van der Waals surface area contributed by atoms with Crippen LogP contribution in [0.25, 0.3) is 0 Å². The van der Waals surface area contributed by atoms with Gasteiger partial charge in [-0.15, -0.1) is 0 Å². The second kappa shape index (κ2) is 6.98. The van der Waals surface area contributed by atoms with E-state index in [9.17, 15) is 0 Å². The lowest BCUT2D eigenvalue weighted by molar-refractivity contribution is 0.152. The first kappa shape index (κ1) is 13.7. The summed E-state index contributed by atoms with van der Waals surface area (Å²) in [6.07, 6.45) is 2.66. The van der Waals surface area contributed by atoms with Gasteiger partial charge in [0.1, 0.15) is 0 Å². The van der Waals surface area contributed by atoms with E-state index in [1.54, 1.807) is 0 Å². The van der Waals surface area contributed by atoms with Crippen LogP contribution in [0.1, 0.15) is 19.8 Å². The van der Waals surface area contributed by atoms with E-state index in [1.165, 1.54) is 57.9 Å². The van der Waals surface area contributed by atoms with Crippen LogP contribution in [0, 0.1) is 0 Å². The highest BCUT2D eigenvalue weighted by molar-refractivity contribution is 8.00.